The molecule has 80 valence electrons. The van der Waals surface area contributed by atoms with E-state index >= 15 is 0 Å². The molecule has 1 aliphatic rings. The van der Waals surface area contributed by atoms with Gasteiger partial charge in [-0.15, -0.1) is 0 Å². The van der Waals surface area contributed by atoms with Crippen molar-refractivity contribution in [3.8, 4) is 0 Å². The minimum atomic E-state index is -0.499. The van der Waals surface area contributed by atoms with E-state index < -0.39 is 5.30 Å². The Morgan fingerprint density at radius 3 is 2.93 bits per heavy atom. The molecule has 1 N–H and O–H groups in total. The molecule has 0 bridgehead atoms. The Hall–Kier alpha value is -0.480. The summed E-state index contributed by atoms with van der Waals surface area (Å²) in [7, 11) is 1.97. The van der Waals surface area contributed by atoms with Gasteiger partial charge in [-0.1, -0.05) is 18.7 Å². The zero-order chi connectivity index (χ0) is 10.4. The molecule has 0 radical (unpaired) electrons. The number of nitrogens with one attached hydrogen (secondary N) is 1. The fourth-order valence-electron chi connectivity index (χ4n) is 1.67. The SMILES string of the molecule is CNC1CC/C=C/C(OC(=O)S)CC1. The van der Waals surface area contributed by atoms with Crippen LogP contribution in [-0.4, -0.2) is 24.5 Å². The van der Waals surface area contributed by atoms with Gasteiger partial charge in [-0.25, -0.2) is 4.79 Å². The minimum absolute atomic E-state index is 0.101. The molecule has 2 atom stereocenters. The molecule has 0 aromatic rings. The zero-order valence-electron chi connectivity index (χ0n) is 8.40. The van der Waals surface area contributed by atoms with Crippen molar-refractivity contribution in [3.63, 3.8) is 0 Å². The van der Waals surface area contributed by atoms with E-state index in [0.717, 1.165) is 25.7 Å². The van der Waals surface area contributed by atoms with Crippen molar-refractivity contribution in [2.24, 2.45) is 0 Å². The summed E-state index contributed by atoms with van der Waals surface area (Å²) >= 11 is 3.61. The van der Waals surface area contributed by atoms with Gasteiger partial charge in [0.15, 0.2) is 0 Å². The summed E-state index contributed by atoms with van der Waals surface area (Å²) in [5.41, 5.74) is 0. The number of hydrogen-bond acceptors (Lipinski definition) is 3. The lowest BCUT2D eigenvalue weighted by atomic mass is 10.00. The molecule has 0 saturated heterocycles. The van der Waals surface area contributed by atoms with Gasteiger partial charge in [-0.05, 0) is 38.8 Å². The zero-order valence-corrected chi connectivity index (χ0v) is 9.30. The molecule has 0 aliphatic heterocycles. The lowest BCUT2D eigenvalue weighted by Gasteiger charge is -2.20. The highest BCUT2D eigenvalue weighted by Gasteiger charge is 2.14. The van der Waals surface area contributed by atoms with Crippen molar-refractivity contribution in [3.05, 3.63) is 12.2 Å². The maximum Gasteiger partial charge on any atom is 0.364 e. The summed E-state index contributed by atoms with van der Waals surface area (Å²) in [6.07, 6.45) is 8.02. The van der Waals surface area contributed by atoms with Crippen molar-refractivity contribution in [1.82, 2.24) is 5.32 Å². The van der Waals surface area contributed by atoms with Crippen LogP contribution in [0.15, 0.2) is 12.2 Å². The van der Waals surface area contributed by atoms with Gasteiger partial charge in [-0.3, -0.25) is 0 Å². The molecule has 0 fully saturated rings. The van der Waals surface area contributed by atoms with Crippen LogP contribution in [0.4, 0.5) is 4.79 Å². The average Bonchev–Trinajstić information content (AvgIpc) is 2.10. The summed E-state index contributed by atoms with van der Waals surface area (Å²) in [6.45, 7) is 0. The molecule has 1 aliphatic carbocycles. The molecule has 0 aromatic carbocycles. The van der Waals surface area contributed by atoms with E-state index in [-0.39, 0.29) is 6.10 Å². The third-order valence-electron chi connectivity index (χ3n) is 2.49. The molecule has 2 unspecified atom stereocenters. The number of carbonyl (C=O) groups is 1. The normalized spacial score (nSPS) is 30.1. The van der Waals surface area contributed by atoms with E-state index in [1.54, 1.807) is 0 Å². The highest BCUT2D eigenvalue weighted by atomic mass is 32.1. The predicted octanol–water partition coefficient (Wildman–Crippen LogP) is 2.14. The van der Waals surface area contributed by atoms with Gasteiger partial charge >= 0.3 is 5.30 Å². The van der Waals surface area contributed by atoms with Crippen molar-refractivity contribution < 1.29 is 9.53 Å². The minimum Gasteiger partial charge on any atom is -0.450 e. The highest BCUT2D eigenvalue weighted by Crippen LogP contribution is 2.15. The van der Waals surface area contributed by atoms with Gasteiger partial charge in [0.2, 0.25) is 0 Å². The predicted molar refractivity (Wildman–Crippen MR) is 59.7 cm³/mol. The van der Waals surface area contributed by atoms with E-state index in [4.69, 9.17) is 4.74 Å². The maximum atomic E-state index is 10.7. The van der Waals surface area contributed by atoms with Gasteiger partial charge in [0.05, 0.1) is 0 Å². The molecule has 3 nitrogen and oxygen atoms in total. The Kier molecular flexibility index (Phi) is 5.04. The van der Waals surface area contributed by atoms with Crippen LogP contribution in [0.25, 0.3) is 0 Å². The molecule has 0 spiro atoms. The van der Waals surface area contributed by atoms with Crippen LogP contribution in [0.1, 0.15) is 25.7 Å². The first-order valence-corrected chi connectivity index (χ1v) is 5.40. The van der Waals surface area contributed by atoms with Gasteiger partial charge in [-0.2, -0.15) is 0 Å². The van der Waals surface area contributed by atoms with Gasteiger partial charge in [0.25, 0.3) is 0 Å². The first-order valence-electron chi connectivity index (χ1n) is 4.96. The van der Waals surface area contributed by atoms with Crippen LogP contribution in [0.3, 0.4) is 0 Å². The number of hydrogen-bond donors (Lipinski definition) is 2. The number of thiol groups is 1. The Balaban J connectivity index is 2.44. The first kappa shape index (κ1) is 11.6. The Labute approximate surface area is 90.3 Å². The van der Waals surface area contributed by atoms with Crippen molar-refractivity contribution in [1.29, 1.82) is 0 Å². The molecule has 4 heteroatoms. The summed E-state index contributed by atoms with van der Waals surface area (Å²) in [4.78, 5) is 10.7. The van der Waals surface area contributed by atoms with Crippen LogP contribution < -0.4 is 5.32 Å². The third-order valence-corrected chi connectivity index (χ3v) is 2.60. The summed E-state index contributed by atoms with van der Waals surface area (Å²) < 4.78 is 5.03. The topological polar surface area (TPSA) is 38.3 Å². The molecule has 1 rings (SSSR count). The first-order chi connectivity index (χ1) is 6.72. The van der Waals surface area contributed by atoms with Crippen LogP contribution in [0, 0.1) is 0 Å². The van der Waals surface area contributed by atoms with E-state index in [2.05, 4.69) is 24.0 Å². The summed E-state index contributed by atoms with van der Waals surface area (Å²) in [5, 5.41) is 2.75. The fourth-order valence-corrected chi connectivity index (χ4v) is 1.80. The van der Waals surface area contributed by atoms with E-state index in [1.165, 1.54) is 0 Å². The Morgan fingerprint density at radius 2 is 2.29 bits per heavy atom. The van der Waals surface area contributed by atoms with Crippen LogP contribution in [0.5, 0.6) is 0 Å². The molecular weight excluding hydrogens is 198 g/mol. The Bertz CT molecular complexity index is 218. The molecule has 0 heterocycles. The molecular formula is C10H17NO2S. The smallest absolute Gasteiger partial charge is 0.364 e. The lowest BCUT2D eigenvalue weighted by molar-refractivity contribution is 0.138. The summed E-state index contributed by atoms with van der Waals surface area (Å²) in [6, 6.07) is 0.529. The quantitative estimate of drug-likeness (QED) is 0.421. The maximum absolute atomic E-state index is 10.7. The van der Waals surface area contributed by atoms with Crippen molar-refractivity contribution >= 4 is 17.9 Å². The fraction of sp³-hybridized carbons (Fsp3) is 0.700. The van der Waals surface area contributed by atoms with E-state index in [1.807, 2.05) is 13.1 Å². The number of rotatable bonds is 2. The van der Waals surface area contributed by atoms with E-state index in [0.29, 0.717) is 6.04 Å². The second-order valence-corrected chi connectivity index (χ2v) is 3.86. The average molecular weight is 215 g/mol. The number of allylic oxidation sites excluding steroid dienone is 1. The molecule has 0 amide bonds. The van der Waals surface area contributed by atoms with E-state index in [9.17, 15) is 4.79 Å². The van der Waals surface area contributed by atoms with Crippen LogP contribution >= 0.6 is 12.6 Å². The molecule has 14 heavy (non-hydrogen) atoms. The van der Waals surface area contributed by atoms with Gasteiger partial charge < -0.3 is 10.1 Å². The monoisotopic (exact) mass is 215 g/mol. The van der Waals surface area contributed by atoms with Crippen molar-refractivity contribution in [2.45, 2.75) is 37.8 Å². The van der Waals surface area contributed by atoms with Crippen LogP contribution in [-0.2, 0) is 4.74 Å². The third kappa shape index (κ3) is 4.15. The number of carbonyl (C=O) groups excluding carboxylic acids is 1. The molecule has 0 saturated carbocycles. The Morgan fingerprint density at radius 1 is 1.50 bits per heavy atom. The van der Waals surface area contributed by atoms with Gasteiger partial charge in [0.1, 0.15) is 6.10 Å². The second kappa shape index (κ2) is 6.09. The standard InChI is InChI=1S/C10H17NO2S/c1-11-8-4-2-3-5-9(7-6-8)13-10(12)14/h3,5,8-9,11H,2,4,6-7H2,1H3,(H,12,14)/b5-3+. The van der Waals surface area contributed by atoms with Crippen molar-refractivity contribution in [2.75, 3.05) is 7.05 Å². The number of ether oxygens (including phenoxy) is 1. The molecule has 0 aromatic heterocycles. The summed E-state index contributed by atoms with van der Waals surface area (Å²) in [5.74, 6) is 0. The second-order valence-electron chi connectivity index (χ2n) is 3.49. The lowest BCUT2D eigenvalue weighted by Crippen LogP contribution is -2.27. The highest BCUT2D eigenvalue weighted by molar-refractivity contribution is 7.96. The van der Waals surface area contributed by atoms with Crippen LogP contribution in [0.2, 0.25) is 0 Å². The largest absolute Gasteiger partial charge is 0.450 e. The van der Waals surface area contributed by atoms with Gasteiger partial charge in [0, 0.05) is 6.04 Å².